The predicted octanol–water partition coefficient (Wildman–Crippen LogP) is 3.72. The van der Waals surface area contributed by atoms with Gasteiger partial charge in [0.1, 0.15) is 11.6 Å². The zero-order valence-electron chi connectivity index (χ0n) is 13.7. The van der Waals surface area contributed by atoms with Gasteiger partial charge in [0.2, 0.25) is 0 Å². The molecule has 0 radical (unpaired) electrons. The Bertz CT molecular complexity index is 708. The van der Waals surface area contributed by atoms with Crippen LogP contribution in [0, 0.1) is 0 Å². The van der Waals surface area contributed by atoms with Crippen LogP contribution in [0.15, 0.2) is 29.4 Å². The molecule has 122 valence electrons. The van der Waals surface area contributed by atoms with Crippen LogP contribution in [-0.2, 0) is 0 Å². The van der Waals surface area contributed by atoms with E-state index in [0.717, 1.165) is 11.0 Å². The molecule has 2 aromatic rings. The molecule has 1 aliphatic carbocycles. The number of ether oxygens (including phenoxy) is 1. The van der Waals surface area contributed by atoms with Crippen LogP contribution >= 0.6 is 11.8 Å². The molecule has 1 saturated carbocycles. The van der Waals surface area contributed by atoms with Gasteiger partial charge in [-0.25, -0.2) is 0 Å². The lowest BCUT2D eigenvalue weighted by molar-refractivity contribution is 0.102. The van der Waals surface area contributed by atoms with Crippen LogP contribution in [0.3, 0.4) is 0 Å². The number of carbonyl (C=O) groups is 1. The fourth-order valence-electron chi connectivity index (χ4n) is 2.47. The van der Waals surface area contributed by atoms with Crippen LogP contribution in [0.2, 0.25) is 0 Å². The van der Waals surface area contributed by atoms with Crippen LogP contribution < -0.4 is 4.74 Å². The summed E-state index contributed by atoms with van der Waals surface area (Å²) in [6, 6.07) is 7.77. The van der Waals surface area contributed by atoms with E-state index in [9.17, 15) is 4.79 Å². The number of benzene rings is 1. The predicted molar refractivity (Wildman–Crippen MR) is 90.4 cm³/mol. The van der Waals surface area contributed by atoms with E-state index in [0.29, 0.717) is 29.0 Å². The van der Waals surface area contributed by atoms with Crippen molar-refractivity contribution >= 4 is 17.5 Å². The van der Waals surface area contributed by atoms with E-state index in [4.69, 9.17) is 4.74 Å². The van der Waals surface area contributed by atoms with E-state index >= 15 is 0 Å². The number of thioether (sulfide) groups is 1. The average molecular weight is 331 g/mol. The minimum absolute atomic E-state index is 0.0744. The number of methoxy groups -OCH3 is 1. The zero-order chi connectivity index (χ0) is 16.4. The van der Waals surface area contributed by atoms with Crippen LogP contribution in [0.4, 0.5) is 0 Å². The summed E-state index contributed by atoms with van der Waals surface area (Å²) in [4.78, 5) is 12.4. The molecule has 0 atom stereocenters. The van der Waals surface area contributed by atoms with Gasteiger partial charge in [-0.15, -0.1) is 10.2 Å². The first-order valence-corrected chi connectivity index (χ1v) is 8.83. The largest absolute Gasteiger partial charge is 0.497 e. The standard InChI is InChI=1S/C17H21N3O2S/c1-11(2)16-18-19-17(20(16)13-7-8-13)23-10-15(21)12-5-4-6-14(9-12)22-3/h4-6,9,11,13H,7-8,10H2,1-3H3. The Labute approximate surface area is 140 Å². The SMILES string of the molecule is COc1cccc(C(=O)CSc2nnc(C(C)C)n2C2CC2)c1. The number of aromatic nitrogens is 3. The molecule has 0 aliphatic heterocycles. The highest BCUT2D eigenvalue weighted by Crippen LogP contribution is 2.40. The van der Waals surface area contributed by atoms with Crippen molar-refractivity contribution in [2.45, 2.75) is 43.8 Å². The molecule has 0 bridgehead atoms. The van der Waals surface area contributed by atoms with Crippen molar-refractivity contribution in [1.29, 1.82) is 0 Å². The van der Waals surface area contributed by atoms with E-state index < -0.39 is 0 Å². The van der Waals surface area contributed by atoms with Crippen LogP contribution in [0.1, 0.15) is 54.8 Å². The molecule has 0 unspecified atom stereocenters. The highest BCUT2D eigenvalue weighted by molar-refractivity contribution is 7.99. The van der Waals surface area contributed by atoms with Crippen molar-refractivity contribution in [1.82, 2.24) is 14.8 Å². The molecule has 0 amide bonds. The fourth-order valence-corrected chi connectivity index (χ4v) is 3.37. The molecule has 1 heterocycles. The molecule has 23 heavy (non-hydrogen) atoms. The monoisotopic (exact) mass is 331 g/mol. The third-order valence-electron chi connectivity index (χ3n) is 3.84. The highest BCUT2D eigenvalue weighted by atomic mass is 32.2. The minimum atomic E-state index is 0.0744. The first kappa shape index (κ1) is 16.1. The van der Waals surface area contributed by atoms with Gasteiger partial charge in [-0.3, -0.25) is 4.79 Å². The maximum absolute atomic E-state index is 12.4. The van der Waals surface area contributed by atoms with Gasteiger partial charge < -0.3 is 9.30 Å². The Kier molecular flexibility index (Phi) is 4.71. The first-order chi connectivity index (χ1) is 11.1. The smallest absolute Gasteiger partial charge is 0.191 e. The maximum atomic E-state index is 12.4. The molecular weight excluding hydrogens is 310 g/mol. The summed E-state index contributed by atoms with van der Waals surface area (Å²) in [6.07, 6.45) is 2.35. The topological polar surface area (TPSA) is 57.0 Å². The highest BCUT2D eigenvalue weighted by Gasteiger charge is 2.30. The maximum Gasteiger partial charge on any atom is 0.191 e. The van der Waals surface area contributed by atoms with E-state index in [2.05, 4.69) is 28.6 Å². The van der Waals surface area contributed by atoms with Gasteiger partial charge in [0.05, 0.1) is 12.9 Å². The molecule has 0 N–H and O–H groups in total. The summed E-state index contributed by atoms with van der Waals surface area (Å²) in [6.45, 7) is 4.25. The van der Waals surface area contributed by atoms with Gasteiger partial charge in [-0.2, -0.15) is 0 Å². The lowest BCUT2D eigenvalue weighted by Crippen LogP contribution is -2.07. The van der Waals surface area contributed by atoms with Crippen LogP contribution in [0.5, 0.6) is 5.75 Å². The molecule has 5 nitrogen and oxygen atoms in total. The number of Topliss-reactive ketones (excluding diaryl/α,β-unsaturated/α-hetero) is 1. The van der Waals surface area contributed by atoms with Gasteiger partial charge in [0, 0.05) is 17.5 Å². The summed E-state index contributed by atoms with van der Waals surface area (Å²) in [5.41, 5.74) is 0.665. The molecule has 0 saturated heterocycles. The van der Waals surface area contributed by atoms with Crippen molar-refractivity contribution in [2.75, 3.05) is 12.9 Å². The summed E-state index contributed by atoms with van der Waals surface area (Å²) in [5.74, 6) is 2.49. The van der Waals surface area contributed by atoms with E-state index in [1.165, 1.54) is 24.6 Å². The molecule has 1 aliphatic rings. The number of carbonyl (C=O) groups excluding carboxylic acids is 1. The summed E-state index contributed by atoms with van der Waals surface area (Å²) >= 11 is 1.47. The van der Waals surface area contributed by atoms with Crippen LogP contribution in [-0.4, -0.2) is 33.4 Å². The van der Waals surface area contributed by atoms with Gasteiger partial charge in [0.25, 0.3) is 0 Å². The van der Waals surface area contributed by atoms with Gasteiger partial charge >= 0.3 is 0 Å². The summed E-state index contributed by atoms with van der Waals surface area (Å²) in [7, 11) is 1.60. The molecule has 1 aromatic heterocycles. The Morgan fingerprint density at radius 2 is 2.17 bits per heavy atom. The number of hydrogen-bond acceptors (Lipinski definition) is 5. The third-order valence-corrected chi connectivity index (χ3v) is 4.79. The molecule has 1 fully saturated rings. The number of nitrogens with zero attached hydrogens (tertiary/aromatic N) is 3. The Morgan fingerprint density at radius 3 is 2.83 bits per heavy atom. The van der Waals surface area contributed by atoms with Crippen molar-refractivity contribution in [3.05, 3.63) is 35.7 Å². The summed E-state index contributed by atoms with van der Waals surface area (Å²) < 4.78 is 7.39. The van der Waals surface area contributed by atoms with E-state index in [-0.39, 0.29) is 5.78 Å². The van der Waals surface area contributed by atoms with Crippen molar-refractivity contribution < 1.29 is 9.53 Å². The van der Waals surface area contributed by atoms with E-state index in [1.54, 1.807) is 13.2 Å². The van der Waals surface area contributed by atoms with Crippen molar-refractivity contribution in [2.24, 2.45) is 0 Å². The quantitative estimate of drug-likeness (QED) is 0.572. The van der Waals surface area contributed by atoms with Crippen molar-refractivity contribution in [3.63, 3.8) is 0 Å². The summed E-state index contributed by atoms with van der Waals surface area (Å²) in [5, 5.41) is 9.47. The number of hydrogen-bond donors (Lipinski definition) is 0. The minimum Gasteiger partial charge on any atom is -0.497 e. The second kappa shape index (κ2) is 6.74. The van der Waals surface area contributed by atoms with Crippen LogP contribution in [0.25, 0.3) is 0 Å². The Hall–Kier alpha value is -1.82. The van der Waals surface area contributed by atoms with Gasteiger partial charge in [-0.05, 0) is 25.0 Å². The molecule has 6 heteroatoms. The molecular formula is C17H21N3O2S. The second-order valence-corrected chi connectivity index (χ2v) is 6.98. The normalized spacial score (nSPS) is 14.3. The lowest BCUT2D eigenvalue weighted by Gasteiger charge is -2.10. The number of rotatable bonds is 7. The Morgan fingerprint density at radius 1 is 1.39 bits per heavy atom. The second-order valence-electron chi connectivity index (χ2n) is 6.04. The molecule has 0 spiro atoms. The average Bonchev–Trinajstić information content (AvgIpc) is 3.31. The lowest BCUT2D eigenvalue weighted by atomic mass is 10.1. The molecule has 3 rings (SSSR count). The Balaban J connectivity index is 1.72. The third kappa shape index (κ3) is 3.58. The van der Waals surface area contributed by atoms with Crippen molar-refractivity contribution in [3.8, 4) is 5.75 Å². The molecule has 1 aromatic carbocycles. The van der Waals surface area contributed by atoms with Gasteiger partial charge in [0.15, 0.2) is 10.9 Å². The van der Waals surface area contributed by atoms with Gasteiger partial charge in [-0.1, -0.05) is 37.7 Å². The fraction of sp³-hybridized carbons (Fsp3) is 0.471. The zero-order valence-corrected chi connectivity index (χ0v) is 14.5. The number of ketones is 1. The first-order valence-electron chi connectivity index (χ1n) is 7.85. The van der Waals surface area contributed by atoms with E-state index in [1.807, 2.05) is 18.2 Å².